The summed E-state index contributed by atoms with van der Waals surface area (Å²) >= 11 is 0. The highest BCUT2D eigenvalue weighted by Gasteiger charge is 2.12. The van der Waals surface area contributed by atoms with Gasteiger partial charge in [-0.25, -0.2) is 4.79 Å². The van der Waals surface area contributed by atoms with Gasteiger partial charge in [0.05, 0.1) is 26.4 Å². The third-order valence-corrected chi connectivity index (χ3v) is 5.06. The predicted octanol–water partition coefficient (Wildman–Crippen LogP) is 5.01. The third kappa shape index (κ3) is 6.87. The minimum absolute atomic E-state index is 0.0645. The highest BCUT2D eigenvalue weighted by Crippen LogP contribution is 2.30. The van der Waals surface area contributed by atoms with Gasteiger partial charge in [0.25, 0.3) is 5.91 Å². The van der Waals surface area contributed by atoms with E-state index in [1.165, 1.54) is 20.3 Å². The van der Waals surface area contributed by atoms with Crippen LogP contribution in [0.25, 0.3) is 6.08 Å². The molecule has 0 bridgehead atoms. The van der Waals surface area contributed by atoms with Gasteiger partial charge in [0.2, 0.25) is 0 Å². The molecule has 0 aliphatic carbocycles. The van der Waals surface area contributed by atoms with E-state index in [0.717, 1.165) is 5.56 Å². The van der Waals surface area contributed by atoms with Crippen molar-refractivity contribution in [1.82, 2.24) is 0 Å². The zero-order valence-corrected chi connectivity index (χ0v) is 20.2. The number of rotatable bonds is 10. The molecule has 0 aromatic heterocycles. The maximum atomic E-state index is 12.6. The van der Waals surface area contributed by atoms with Crippen molar-refractivity contribution in [2.24, 2.45) is 0 Å². The number of anilines is 1. The topological polar surface area (TPSA) is 107 Å². The Morgan fingerprint density at radius 2 is 1.67 bits per heavy atom. The summed E-state index contributed by atoms with van der Waals surface area (Å²) in [7, 11) is 2.84. The van der Waals surface area contributed by atoms with Crippen LogP contribution in [0.1, 0.15) is 28.4 Å². The molecule has 0 saturated carbocycles. The summed E-state index contributed by atoms with van der Waals surface area (Å²) in [5.41, 5.74) is 2.39. The molecule has 3 aromatic carbocycles. The number of hydrogen-bond acceptors (Lipinski definition) is 7. The van der Waals surface area contributed by atoms with E-state index in [9.17, 15) is 14.9 Å². The lowest BCUT2D eigenvalue weighted by molar-refractivity contribution is -0.112. The molecule has 0 aliphatic rings. The maximum absolute atomic E-state index is 12.6. The van der Waals surface area contributed by atoms with Gasteiger partial charge in [-0.15, -0.1) is 0 Å². The second-order valence-electron chi connectivity index (χ2n) is 7.47. The molecule has 0 atom stereocenters. The molecule has 1 N–H and O–H groups in total. The van der Waals surface area contributed by atoms with Crippen LogP contribution in [-0.4, -0.2) is 32.7 Å². The Morgan fingerprint density at radius 3 is 2.28 bits per heavy atom. The lowest BCUT2D eigenvalue weighted by Crippen LogP contribution is -2.13. The van der Waals surface area contributed by atoms with E-state index in [-0.39, 0.29) is 12.2 Å². The van der Waals surface area contributed by atoms with Crippen LogP contribution in [-0.2, 0) is 16.1 Å². The maximum Gasteiger partial charge on any atom is 0.337 e. The van der Waals surface area contributed by atoms with Gasteiger partial charge < -0.3 is 24.3 Å². The predicted molar refractivity (Wildman–Crippen MR) is 135 cm³/mol. The number of methoxy groups -OCH3 is 2. The molecule has 3 rings (SSSR count). The standard InChI is InChI=1S/C28H26N2O6/c1-4-35-24-12-10-23(11-13-24)30-27(31)22(17-29)15-20-7-14-25(26(16-20)33-2)36-18-19-5-8-21(9-6-19)28(32)34-3/h5-16H,4,18H2,1-3H3,(H,30,31)/b22-15+. The van der Waals surface area contributed by atoms with Gasteiger partial charge in [0.15, 0.2) is 11.5 Å². The summed E-state index contributed by atoms with van der Waals surface area (Å²) in [4.78, 5) is 24.2. The van der Waals surface area contributed by atoms with Gasteiger partial charge >= 0.3 is 5.97 Å². The second-order valence-corrected chi connectivity index (χ2v) is 7.47. The highest BCUT2D eigenvalue weighted by molar-refractivity contribution is 6.09. The molecule has 0 heterocycles. The Labute approximate surface area is 209 Å². The molecular formula is C28H26N2O6. The largest absolute Gasteiger partial charge is 0.494 e. The molecular weight excluding hydrogens is 460 g/mol. The number of nitrogens with zero attached hydrogens (tertiary/aromatic N) is 1. The number of nitrogens with one attached hydrogen (secondary N) is 1. The van der Waals surface area contributed by atoms with Gasteiger partial charge in [0, 0.05) is 5.69 Å². The number of esters is 1. The average Bonchev–Trinajstić information content (AvgIpc) is 2.91. The minimum atomic E-state index is -0.531. The van der Waals surface area contributed by atoms with Crippen LogP contribution in [0.5, 0.6) is 17.2 Å². The van der Waals surface area contributed by atoms with E-state index in [4.69, 9.17) is 18.9 Å². The molecule has 1 amide bonds. The Bertz CT molecular complexity index is 1270. The molecule has 8 nitrogen and oxygen atoms in total. The first-order valence-electron chi connectivity index (χ1n) is 11.1. The van der Waals surface area contributed by atoms with Crippen molar-refractivity contribution in [3.8, 4) is 23.3 Å². The van der Waals surface area contributed by atoms with Crippen molar-refractivity contribution < 1.29 is 28.5 Å². The zero-order chi connectivity index (χ0) is 25.9. The molecule has 36 heavy (non-hydrogen) atoms. The molecule has 0 unspecified atom stereocenters. The first kappa shape index (κ1) is 25.8. The van der Waals surface area contributed by atoms with E-state index < -0.39 is 11.9 Å². The number of amides is 1. The van der Waals surface area contributed by atoms with Gasteiger partial charge in [-0.1, -0.05) is 18.2 Å². The van der Waals surface area contributed by atoms with Gasteiger partial charge in [-0.05, 0) is 72.7 Å². The molecule has 3 aromatic rings. The van der Waals surface area contributed by atoms with Crippen LogP contribution in [0.4, 0.5) is 5.69 Å². The smallest absolute Gasteiger partial charge is 0.337 e. The number of carbonyl (C=O) groups excluding carboxylic acids is 2. The summed E-state index contributed by atoms with van der Waals surface area (Å²) in [6.45, 7) is 2.69. The van der Waals surface area contributed by atoms with Crippen molar-refractivity contribution in [3.63, 3.8) is 0 Å². The van der Waals surface area contributed by atoms with Crippen molar-refractivity contribution in [1.29, 1.82) is 5.26 Å². The van der Waals surface area contributed by atoms with Crippen LogP contribution in [0.3, 0.4) is 0 Å². The number of hydrogen-bond donors (Lipinski definition) is 1. The summed E-state index contributed by atoms with van der Waals surface area (Å²) in [5, 5.41) is 12.2. The van der Waals surface area contributed by atoms with Crippen LogP contribution in [0.2, 0.25) is 0 Å². The van der Waals surface area contributed by atoms with Gasteiger partial charge in [-0.3, -0.25) is 4.79 Å². The van der Waals surface area contributed by atoms with E-state index in [1.54, 1.807) is 66.7 Å². The van der Waals surface area contributed by atoms with E-state index in [2.05, 4.69) is 5.32 Å². The van der Waals surface area contributed by atoms with Gasteiger partial charge in [0.1, 0.15) is 24.0 Å². The molecule has 0 radical (unpaired) electrons. The van der Waals surface area contributed by atoms with Crippen LogP contribution >= 0.6 is 0 Å². The lowest BCUT2D eigenvalue weighted by atomic mass is 10.1. The van der Waals surface area contributed by atoms with Crippen LogP contribution in [0.15, 0.2) is 72.3 Å². The van der Waals surface area contributed by atoms with Crippen molar-refractivity contribution >= 4 is 23.6 Å². The zero-order valence-electron chi connectivity index (χ0n) is 20.2. The highest BCUT2D eigenvalue weighted by atomic mass is 16.5. The number of benzene rings is 3. The quantitative estimate of drug-likeness (QED) is 0.244. The van der Waals surface area contributed by atoms with Crippen LogP contribution in [0, 0.1) is 11.3 Å². The summed E-state index contributed by atoms with van der Waals surface area (Å²) in [5.74, 6) is 0.691. The van der Waals surface area contributed by atoms with Crippen molar-refractivity contribution in [3.05, 3.63) is 89.0 Å². The van der Waals surface area contributed by atoms with E-state index >= 15 is 0 Å². The molecule has 184 valence electrons. The fraction of sp³-hybridized carbons (Fsp3) is 0.179. The minimum Gasteiger partial charge on any atom is -0.494 e. The summed E-state index contributed by atoms with van der Waals surface area (Å²) in [6, 6.07) is 20.8. The summed E-state index contributed by atoms with van der Waals surface area (Å²) in [6.07, 6.45) is 1.47. The Kier molecular flexibility index (Phi) is 9.06. The fourth-order valence-corrected chi connectivity index (χ4v) is 3.22. The molecule has 8 heteroatoms. The lowest BCUT2D eigenvalue weighted by Gasteiger charge is -2.12. The van der Waals surface area contributed by atoms with Crippen molar-refractivity contribution in [2.45, 2.75) is 13.5 Å². The molecule has 0 fully saturated rings. The molecule has 0 saturated heterocycles. The van der Waals surface area contributed by atoms with Crippen molar-refractivity contribution in [2.75, 3.05) is 26.1 Å². The molecule has 0 spiro atoms. The summed E-state index contributed by atoms with van der Waals surface area (Å²) < 4.78 is 21.4. The first-order chi connectivity index (χ1) is 17.5. The van der Waals surface area contributed by atoms with Crippen LogP contribution < -0.4 is 19.5 Å². The number of carbonyl (C=O) groups is 2. The second kappa shape index (κ2) is 12.6. The van der Waals surface area contributed by atoms with Gasteiger partial charge in [-0.2, -0.15) is 5.26 Å². The SMILES string of the molecule is CCOc1ccc(NC(=O)/C(C#N)=C/c2ccc(OCc3ccc(C(=O)OC)cc3)c(OC)c2)cc1. The monoisotopic (exact) mass is 486 g/mol. The molecule has 0 aliphatic heterocycles. The fourth-order valence-electron chi connectivity index (χ4n) is 3.22. The number of ether oxygens (including phenoxy) is 4. The Balaban J connectivity index is 1.68. The Hall–Kier alpha value is -4.77. The Morgan fingerprint density at radius 1 is 0.944 bits per heavy atom. The first-order valence-corrected chi connectivity index (χ1v) is 11.1. The normalized spacial score (nSPS) is 10.7. The number of nitriles is 1. The average molecular weight is 487 g/mol. The van der Waals surface area contributed by atoms with E-state index in [0.29, 0.717) is 40.7 Å². The van der Waals surface area contributed by atoms with E-state index in [1.807, 2.05) is 13.0 Å². The third-order valence-electron chi connectivity index (χ3n) is 5.06.